The summed E-state index contributed by atoms with van der Waals surface area (Å²) in [4.78, 5) is 6.02. The highest BCUT2D eigenvalue weighted by molar-refractivity contribution is 7.99. The van der Waals surface area contributed by atoms with Crippen LogP contribution in [0.25, 0.3) is 0 Å². The molecule has 0 amide bonds. The number of likely N-dealkylation sites (tertiary alicyclic amines) is 1. The van der Waals surface area contributed by atoms with Crippen molar-refractivity contribution in [1.82, 2.24) is 9.27 Å². The Labute approximate surface area is 118 Å². The Kier molecular flexibility index (Phi) is 4.75. The molecule has 18 heavy (non-hydrogen) atoms. The molecule has 0 aliphatic carbocycles. The first kappa shape index (κ1) is 14.0. The van der Waals surface area contributed by atoms with Gasteiger partial charge >= 0.3 is 0 Å². The fraction of sp³-hybridized carbons (Fsp3) is 0.750. The van der Waals surface area contributed by atoms with Crippen LogP contribution in [0.15, 0.2) is 4.90 Å². The van der Waals surface area contributed by atoms with E-state index in [9.17, 15) is 0 Å². The predicted molar refractivity (Wildman–Crippen MR) is 81.8 cm³/mol. The van der Waals surface area contributed by atoms with Crippen molar-refractivity contribution in [3.05, 3.63) is 0 Å². The molecule has 2 N–H and O–H groups in total. The number of rotatable bonds is 5. The third-order valence-electron chi connectivity index (χ3n) is 3.60. The molecule has 1 fully saturated rings. The van der Waals surface area contributed by atoms with Gasteiger partial charge in [0.1, 0.15) is 5.00 Å². The lowest BCUT2D eigenvalue weighted by atomic mass is 10.2. The van der Waals surface area contributed by atoms with Gasteiger partial charge in [-0.2, -0.15) is 4.37 Å². The summed E-state index contributed by atoms with van der Waals surface area (Å²) in [5, 5.41) is 1.21. The van der Waals surface area contributed by atoms with Crippen LogP contribution in [0.5, 0.6) is 0 Å². The van der Waals surface area contributed by atoms with Crippen molar-refractivity contribution in [3.8, 4) is 0 Å². The average molecular weight is 286 g/mol. The summed E-state index contributed by atoms with van der Waals surface area (Å²) in [7, 11) is 2.15. The lowest BCUT2D eigenvalue weighted by Crippen LogP contribution is -2.38. The van der Waals surface area contributed by atoms with Gasteiger partial charge in [-0.05, 0) is 43.7 Å². The van der Waals surface area contributed by atoms with Crippen molar-refractivity contribution in [2.45, 2.75) is 30.7 Å². The average Bonchev–Trinajstić information content (AvgIpc) is 2.95. The molecule has 1 aromatic heterocycles. The van der Waals surface area contributed by atoms with E-state index in [1.165, 1.54) is 35.9 Å². The van der Waals surface area contributed by atoms with Gasteiger partial charge in [0.05, 0.1) is 4.90 Å². The summed E-state index contributed by atoms with van der Waals surface area (Å²) in [6.45, 7) is 5.72. The van der Waals surface area contributed by atoms with Crippen LogP contribution in [0.1, 0.15) is 19.8 Å². The van der Waals surface area contributed by atoms with Crippen LogP contribution in [0.4, 0.5) is 10.8 Å². The van der Waals surface area contributed by atoms with Crippen LogP contribution in [0, 0.1) is 0 Å². The maximum Gasteiger partial charge on any atom is 0.153 e. The van der Waals surface area contributed by atoms with E-state index >= 15 is 0 Å². The highest BCUT2D eigenvalue weighted by atomic mass is 32.2. The normalized spacial score (nSPS) is 20.5. The summed E-state index contributed by atoms with van der Waals surface area (Å²) in [5.74, 6) is 0.674. The Morgan fingerprint density at radius 2 is 2.39 bits per heavy atom. The molecule has 1 saturated heterocycles. The van der Waals surface area contributed by atoms with Crippen LogP contribution >= 0.6 is 23.3 Å². The number of nitrogen functional groups attached to an aromatic ring is 1. The predicted octanol–water partition coefficient (Wildman–Crippen LogP) is 2.37. The van der Waals surface area contributed by atoms with Crippen molar-refractivity contribution in [3.63, 3.8) is 0 Å². The zero-order chi connectivity index (χ0) is 13.1. The lowest BCUT2D eigenvalue weighted by Gasteiger charge is -2.28. The molecule has 1 aliphatic rings. The monoisotopic (exact) mass is 286 g/mol. The maximum absolute atomic E-state index is 5.89. The second-order valence-corrected chi connectivity index (χ2v) is 6.28. The fourth-order valence-corrected chi connectivity index (χ4v) is 4.32. The first-order valence-electron chi connectivity index (χ1n) is 6.41. The zero-order valence-electron chi connectivity index (χ0n) is 11.3. The van der Waals surface area contributed by atoms with E-state index < -0.39 is 0 Å². The molecule has 0 aromatic carbocycles. The smallest absolute Gasteiger partial charge is 0.153 e. The molecular weight excluding hydrogens is 264 g/mol. The second kappa shape index (κ2) is 6.12. The van der Waals surface area contributed by atoms with Crippen molar-refractivity contribution < 1.29 is 0 Å². The van der Waals surface area contributed by atoms with Crippen molar-refractivity contribution in [2.75, 3.05) is 43.6 Å². The van der Waals surface area contributed by atoms with Crippen molar-refractivity contribution >= 4 is 34.1 Å². The first-order chi connectivity index (χ1) is 8.67. The van der Waals surface area contributed by atoms with Crippen LogP contribution in [-0.2, 0) is 0 Å². The SMILES string of the molecule is CCN1CCCC1CN(C)c1snc(N)c1SC. The molecule has 2 rings (SSSR count). The standard InChI is InChI=1S/C12H22N4S2/c1-4-16-7-5-6-9(16)8-15(2)12-10(17-3)11(13)14-18-12/h9H,4-8H2,1-3H3,(H2,13,14). The molecule has 1 unspecified atom stereocenters. The van der Waals surface area contributed by atoms with Gasteiger partial charge in [0.2, 0.25) is 0 Å². The first-order valence-corrected chi connectivity index (χ1v) is 8.41. The molecule has 0 radical (unpaired) electrons. The van der Waals surface area contributed by atoms with Crippen molar-refractivity contribution in [1.29, 1.82) is 0 Å². The minimum Gasteiger partial charge on any atom is -0.382 e. The van der Waals surface area contributed by atoms with E-state index in [1.54, 1.807) is 11.8 Å². The van der Waals surface area contributed by atoms with Crippen LogP contribution in [-0.4, -0.2) is 48.3 Å². The Hall–Kier alpha value is -0.460. The Bertz CT molecular complexity index is 393. The third kappa shape index (κ3) is 2.75. The summed E-state index contributed by atoms with van der Waals surface area (Å²) in [6.07, 6.45) is 4.69. The topological polar surface area (TPSA) is 45.4 Å². The summed E-state index contributed by atoms with van der Waals surface area (Å²) in [6, 6.07) is 0.679. The molecular formula is C12H22N4S2. The zero-order valence-corrected chi connectivity index (χ0v) is 13.0. The molecule has 4 nitrogen and oxygen atoms in total. The van der Waals surface area contributed by atoms with Gasteiger partial charge < -0.3 is 10.6 Å². The van der Waals surface area contributed by atoms with Gasteiger partial charge in [0, 0.05) is 19.6 Å². The molecule has 102 valence electrons. The maximum atomic E-state index is 5.89. The number of aromatic nitrogens is 1. The quantitative estimate of drug-likeness (QED) is 0.842. The van der Waals surface area contributed by atoms with E-state index in [1.807, 2.05) is 0 Å². The number of hydrogen-bond donors (Lipinski definition) is 1. The fourth-order valence-electron chi connectivity index (χ4n) is 2.64. The number of hydrogen-bond acceptors (Lipinski definition) is 6. The Balaban J connectivity index is 2.05. The highest BCUT2D eigenvalue weighted by Crippen LogP contribution is 2.37. The molecule has 6 heteroatoms. The molecule has 1 aromatic rings. The molecule has 1 atom stereocenters. The van der Waals surface area contributed by atoms with Gasteiger partial charge in [-0.15, -0.1) is 11.8 Å². The van der Waals surface area contributed by atoms with Crippen molar-refractivity contribution in [2.24, 2.45) is 0 Å². The summed E-state index contributed by atoms with van der Waals surface area (Å²) >= 11 is 3.20. The Morgan fingerprint density at radius 1 is 1.61 bits per heavy atom. The van der Waals surface area contributed by atoms with Crippen LogP contribution < -0.4 is 10.6 Å². The van der Waals surface area contributed by atoms with Gasteiger partial charge in [-0.1, -0.05) is 6.92 Å². The van der Waals surface area contributed by atoms with Gasteiger partial charge in [-0.25, -0.2) is 0 Å². The number of nitrogens with two attached hydrogens (primary N) is 1. The van der Waals surface area contributed by atoms with Crippen LogP contribution in [0.3, 0.4) is 0 Å². The van der Waals surface area contributed by atoms with E-state index in [0.717, 1.165) is 18.0 Å². The van der Waals surface area contributed by atoms with E-state index in [-0.39, 0.29) is 0 Å². The number of likely N-dealkylation sites (N-methyl/N-ethyl adjacent to an activating group) is 2. The van der Waals surface area contributed by atoms with Gasteiger partial charge in [0.15, 0.2) is 5.82 Å². The van der Waals surface area contributed by atoms with E-state index in [4.69, 9.17) is 5.73 Å². The molecule has 2 heterocycles. The van der Waals surface area contributed by atoms with E-state index in [2.05, 4.69) is 34.4 Å². The second-order valence-electron chi connectivity index (χ2n) is 4.71. The largest absolute Gasteiger partial charge is 0.382 e. The Morgan fingerprint density at radius 3 is 3.06 bits per heavy atom. The lowest BCUT2D eigenvalue weighted by molar-refractivity contribution is 0.271. The summed E-state index contributed by atoms with van der Waals surface area (Å²) in [5.41, 5.74) is 5.89. The molecule has 0 bridgehead atoms. The number of anilines is 2. The highest BCUT2D eigenvalue weighted by Gasteiger charge is 2.25. The number of thioether (sulfide) groups is 1. The third-order valence-corrected chi connectivity index (χ3v) is 5.51. The summed E-state index contributed by atoms with van der Waals surface area (Å²) < 4.78 is 4.27. The number of nitrogens with zero attached hydrogens (tertiary/aromatic N) is 3. The van der Waals surface area contributed by atoms with Crippen LogP contribution in [0.2, 0.25) is 0 Å². The molecule has 1 aliphatic heterocycles. The molecule has 0 saturated carbocycles. The van der Waals surface area contributed by atoms with Gasteiger partial charge in [0.25, 0.3) is 0 Å². The minimum absolute atomic E-state index is 0.674. The molecule has 0 spiro atoms. The van der Waals surface area contributed by atoms with Gasteiger partial charge in [-0.3, -0.25) is 4.90 Å². The minimum atomic E-state index is 0.674. The van der Waals surface area contributed by atoms with E-state index in [0.29, 0.717) is 11.9 Å².